The SMILES string of the molecule is C=CC12CCC3CC=CCC3(N)C1CCC2(C)CCCC. The first-order valence-electron chi connectivity index (χ1n) is 9.10. The maximum Gasteiger partial charge on any atom is 0.0257 e. The van der Waals surface area contributed by atoms with Crippen LogP contribution in [0.2, 0.25) is 0 Å². The summed E-state index contributed by atoms with van der Waals surface area (Å²) in [6.45, 7) is 9.16. The minimum atomic E-state index is 0.0329. The Labute approximate surface area is 131 Å². The standard InChI is InChI=1S/C20H33N/c1-4-6-12-18(3)14-11-17-19(18,5-2)15-10-16-9-7-8-13-20(16,17)21/h5,7-8,16-17H,2,4,6,9-15,21H2,1,3H3. The highest BCUT2D eigenvalue weighted by atomic mass is 14.8. The zero-order chi connectivity index (χ0) is 15.1. The highest BCUT2D eigenvalue weighted by Crippen LogP contribution is 2.68. The molecular weight excluding hydrogens is 254 g/mol. The number of unbranched alkanes of at least 4 members (excludes halogenated alkanes) is 1. The molecule has 1 heteroatoms. The molecule has 0 saturated heterocycles. The van der Waals surface area contributed by atoms with Gasteiger partial charge in [-0.05, 0) is 67.6 Å². The van der Waals surface area contributed by atoms with Crippen molar-refractivity contribution in [3.05, 3.63) is 24.8 Å². The van der Waals surface area contributed by atoms with Crippen molar-refractivity contribution in [2.45, 2.75) is 77.2 Å². The van der Waals surface area contributed by atoms with E-state index >= 15 is 0 Å². The molecule has 5 unspecified atom stereocenters. The van der Waals surface area contributed by atoms with Gasteiger partial charge in [-0.15, -0.1) is 6.58 Å². The average Bonchev–Trinajstić information content (AvgIpc) is 2.80. The molecule has 0 bridgehead atoms. The van der Waals surface area contributed by atoms with Gasteiger partial charge < -0.3 is 5.73 Å². The van der Waals surface area contributed by atoms with E-state index in [1.807, 2.05) is 0 Å². The number of hydrogen-bond donors (Lipinski definition) is 1. The second-order valence-electron chi connectivity index (χ2n) is 8.26. The maximum absolute atomic E-state index is 7.06. The van der Waals surface area contributed by atoms with Crippen LogP contribution in [0.4, 0.5) is 0 Å². The molecule has 3 aliphatic rings. The normalized spacial score (nSPS) is 48.7. The molecule has 5 atom stereocenters. The molecule has 21 heavy (non-hydrogen) atoms. The topological polar surface area (TPSA) is 26.0 Å². The van der Waals surface area contributed by atoms with E-state index in [4.69, 9.17) is 5.73 Å². The summed E-state index contributed by atoms with van der Waals surface area (Å²) in [4.78, 5) is 0. The van der Waals surface area contributed by atoms with Crippen LogP contribution in [0.5, 0.6) is 0 Å². The van der Waals surface area contributed by atoms with E-state index in [9.17, 15) is 0 Å². The van der Waals surface area contributed by atoms with E-state index in [1.54, 1.807) is 0 Å². The number of fused-ring (bicyclic) bond motifs is 3. The summed E-state index contributed by atoms with van der Waals surface area (Å²) in [6, 6.07) is 0. The molecule has 1 nitrogen and oxygen atoms in total. The Morgan fingerprint density at radius 2 is 2.10 bits per heavy atom. The van der Waals surface area contributed by atoms with Gasteiger partial charge in [0.05, 0.1) is 0 Å². The highest BCUT2D eigenvalue weighted by Gasteiger charge is 2.63. The van der Waals surface area contributed by atoms with Crippen molar-refractivity contribution in [1.82, 2.24) is 0 Å². The predicted molar refractivity (Wildman–Crippen MR) is 91.0 cm³/mol. The third kappa shape index (κ3) is 2.00. The van der Waals surface area contributed by atoms with Crippen LogP contribution in [0.1, 0.15) is 71.6 Å². The Morgan fingerprint density at radius 3 is 2.81 bits per heavy atom. The maximum atomic E-state index is 7.06. The lowest BCUT2D eigenvalue weighted by Gasteiger charge is -2.58. The molecule has 2 N–H and O–H groups in total. The minimum absolute atomic E-state index is 0.0329. The van der Waals surface area contributed by atoms with Crippen LogP contribution in [0.15, 0.2) is 24.8 Å². The molecular formula is C20H33N. The van der Waals surface area contributed by atoms with Crippen LogP contribution in [-0.4, -0.2) is 5.54 Å². The zero-order valence-corrected chi connectivity index (χ0v) is 14.0. The van der Waals surface area contributed by atoms with Crippen molar-refractivity contribution < 1.29 is 0 Å². The van der Waals surface area contributed by atoms with E-state index in [1.165, 1.54) is 51.4 Å². The van der Waals surface area contributed by atoms with Gasteiger partial charge in [-0.2, -0.15) is 0 Å². The average molecular weight is 287 g/mol. The van der Waals surface area contributed by atoms with E-state index in [0.717, 1.165) is 6.42 Å². The summed E-state index contributed by atoms with van der Waals surface area (Å²) in [5.74, 6) is 1.35. The van der Waals surface area contributed by atoms with Crippen LogP contribution in [0.25, 0.3) is 0 Å². The smallest absolute Gasteiger partial charge is 0.0257 e. The van der Waals surface area contributed by atoms with Gasteiger partial charge in [0.25, 0.3) is 0 Å². The second kappa shape index (κ2) is 5.26. The van der Waals surface area contributed by atoms with Gasteiger partial charge in [0.2, 0.25) is 0 Å². The molecule has 3 rings (SSSR count). The Balaban J connectivity index is 1.97. The first-order valence-corrected chi connectivity index (χ1v) is 9.10. The summed E-state index contributed by atoms with van der Waals surface area (Å²) in [7, 11) is 0. The minimum Gasteiger partial charge on any atom is -0.324 e. The summed E-state index contributed by atoms with van der Waals surface area (Å²) < 4.78 is 0. The largest absolute Gasteiger partial charge is 0.324 e. The predicted octanol–water partition coefficient (Wildman–Crippen LogP) is 5.22. The fourth-order valence-corrected chi connectivity index (χ4v) is 6.17. The summed E-state index contributed by atoms with van der Waals surface area (Å²) in [5.41, 5.74) is 7.81. The van der Waals surface area contributed by atoms with Crippen molar-refractivity contribution in [2.75, 3.05) is 0 Å². The molecule has 0 aromatic carbocycles. The van der Waals surface area contributed by atoms with Crippen molar-refractivity contribution >= 4 is 0 Å². The van der Waals surface area contributed by atoms with Gasteiger partial charge >= 0.3 is 0 Å². The molecule has 0 aromatic rings. The Kier molecular flexibility index (Phi) is 3.84. The van der Waals surface area contributed by atoms with Crippen molar-refractivity contribution in [3.8, 4) is 0 Å². The number of allylic oxidation sites excluding steroid dienone is 2. The lowest BCUT2D eigenvalue weighted by molar-refractivity contribution is -0.0271. The van der Waals surface area contributed by atoms with Gasteiger partial charge in [0.15, 0.2) is 0 Å². The van der Waals surface area contributed by atoms with E-state index in [-0.39, 0.29) is 5.54 Å². The Morgan fingerprint density at radius 1 is 1.29 bits per heavy atom. The van der Waals surface area contributed by atoms with Crippen LogP contribution in [0.3, 0.4) is 0 Å². The lowest BCUT2D eigenvalue weighted by atomic mass is 9.48. The number of hydrogen-bond acceptors (Lipinski definition) is 1. The fraction of sp³-hybridized carbons (Fsp3) is 0.800. The number of rotatable bonds is 4. The fourth-order valence-electron chi connectivity index (χ4n) is 6.17. The second-order valence-corrected chi connectivity index (χ2v) is 8.26. The monoisotopic (exact) mass is 287 g/mol. The van der Waals surface area contributed by atoms with E-state index in [2.05, 4.69) is 38.7 Å². The van der Waals surface area contributed by atoms with Gasteiger partial charge in [0, 0.05) is 5.54 Å². The molecule has 3 aliphatic carbocycles. The molecule has 0 radical (unpaired) electrons. The molecule has 0 aromatic heterocycles. The summed E-state index contributed by atoms with van der Waals surface area (Å²) in [6.07, 6.45) is 18.6. The van der Waals surface area contributed by atoms with Gasteiger partial charge in [-0.1, -0.05) is 44.9 Å². The number of nitrogens with two attached hydrogens (primary N) is 1. The van der Waals surface area contributed by atoms with Crippen molar-refractivity contribution in [1.29, 1.82) is 0 Å². The molecule has 0 amide bonds. The molecule has 0 aliphatic heterocycles. The summed E-state index contributed by atoms with van der Waals surface area (Å²) in [5, 5.41) is 0. The van der Waals surface area contributed by atoms with Crippen LogP contribution in [0, 0.1) is 22.7 Å². The zero-order valence-electron chi connectivity index (χ0n) is 14.0. The quantitative estimate of drug-likeness (QED) is 0.705. The van der Waals surface area contributed by atoms with Crippen LogP contribution in [-0.2, 0) is 0 Å². The first-order chi connectivity index (χ1) is 10.0. The summed E-state index contributed by atoms with van der Waals surface area (Å²) >= 11 is 0. The van der Waals surface area contributed by atoms with E-state index < -0.39 is 0 Å². The Bertz CT molecular complexity index is 439. The van der Waals surface area contributed by atoms with Crippen molar-refractivity contribution in [2.24, 2.45) is 28.4 Å². The molecule has 0 heterocycles. The van der Waals surface area contributed by atoms with Crippen molar-refractivity contribution in [3.63, 3.8) is 0 Å². The molecule has 2 saturated carbocycles. The molecule has 118 valence electrons. The van der Waals surface area contributed by atoms with Gasteiger partial charge in [-0.3, -0.25) is 0 Å². The molecule has 0 spiro atoms. The van der Waals surface area contributed by atoms with Crippen LogP contribution >= 0.6 is 0 Å². The lowest BCUT2D eigenvalue weighted by Crippen LogP contribution is -2.62. The van der Waals surface area contributed by atoms with E-state index in [0.29, 0.717) is 22.7 Å². The molecule has 2 fully saturated rings. The van der Waals surface area contributed by atoms with Gasteiger partial charge in [-0.25, -0.2) is 0 Å². The highest BCUT2D eigenvalue weighted by molar-refractivity contribution is 5.24. The first kappa shape index (κ1) is 15.3. The Hall–Kier alpha value is -0.560. The van der Waals surface area contributed by atoms with Gasteiger partial charge in [0.1, 0.15) is 0 Å². The third-order valence-electron chi connectivity index (χ3n) is 7.55. The third-order valence-corrected chi connectivity index (χ3v) is 7.55. The van der Waals surface area contributed by atoms with Crippen LogP contribution < -0.4 is 5.73 Å².